The molecule has 2 aromatic rings. The van der Waals surface area contributed by atoms with Gasteiger partial charge in [0.25, 0.3) is 0 Å². The van der Waals surface area contributed by atoms with Crippen LogP contribution in [0.25, 0.3) is 0 Å². The predicted molar refractivity (Wildman–Crippen MR) is 161 cm³/mol. The van der Waals surface area contributed by atoms with Crippen LogP contribution in [0.1, 0.15) is 41.9 Å². The highest BCUT2D eigenvalue weighted by Crippen LogP contribution is 2.52. The van der Waals surface area contributed by atoms with E-state index in [2.05, 4.69) is 4.90 Å². The number of carboxylic acids is 3. The van der Waals surface area contributed by atoms with E-state index in [0.29, 0.717) is 55.3 Å². The lowest BCUT2D eigenvalue weighted by Crippen LogP contribution is -2.51. The number of carbonyl (C=O) groups is 4. The van der Waals surface area contributed by atoms with E-state index in [4.69, 9.17) is 11.6 Å². The van der Waals surface area contributed by atoms with Gasteiger partial charge in [0.1, 0.15) is 17.5 Å². The largest absolute Gasteiger partial charge is 0.508 e. The number of phenolic OH excluding ortho intramolecular Hbond substituents is 1. The summed E-state index contributed by atoms with van der Waals surface area (Å²) in [4.78, 5) is 54.8. The van der Waals surface area contributed by atoms with E-state index in [1.165, 1.54) is 23.1 Å². The lowest BCUT2D eigenvalue weighted by molar-refractivity contribution is -0.173. The minimum Gasteiger partial charge on any atom is -0.508 e. The summed E-state index contributed by atoms with van der Waals surface area (Å²) < 4.78 is 15.7. The number of likely N-dealkylation sites (tertiary alicyclic amines) is 1. The molecule has 2 heterocycles. The van der Waals surface area contributed by atoms with E-state index in [0.717, 1.165) is 6.07 Å². The number of rotatable bonds is 11. The van der Waals surface area contributed by atoms with Crippen molar-refractivity contribution in [2.45, 2.75) is 42.6 Å². The van der Waals surface area contributed by atoms with E-state index in [1.807, 2.05) is 4.90 Å². The number of anilines is 1. The Balaban J connectivity index is 1.68. The van der Waals surface area contributed by atoms with Gasteiger partial charge in [-0.1, -0.05) is 11.6 Å². The maximum absolute atomic E-state index is 15.7. The number of phenols is 1. The topological polar surface area (TPSA) is 179 Å². The van der Waals surface area contributed by atoms with E-state index in [1.54, 1.807) is 27.2 Å². The van der Waals surface area contributed by atoms with Gasteiger partial charge in [-0.2, -0.15) is 0 Å². The summed E-state index contributed by atoms with van der Waals surface area (Å²) in [5, 5.41) is 50.8. The van der Waals surface area contributed by atoms with Crippen molar-refractivity contribution >= 4 is 41.1 Å². The summed E-state index contributed by atoms with van der Waals surface area (Å²) in [6, 6.07) is 7.01. The number of aromatic hydroxyl groups is 1. The molecule has 1 amide bonds. The zero-order chi connectivity index (χ0) is 33.4. The second-order valence-corrected chi connectivity index (χ2v) is 12.7. The van der Waals surface area contributed by atoms with Crippen molar-refractivity contribution in [3.05, 3.63) is 57.9 Å². The number of piperidine rings is 1. The van der Waals surface area contributed by atoms with Gasteiger partial charge in [0.15, 0.2) is 5.60 Å². The minimum absolute atomic E-state index is 0.0234. The number of benzene rings is 2. The Morgan fingerprint density at radius 2 is 1.73 bits per heavy atom. The normalized spacial score (nSPS) is 18.6. The molecule has 3 unspecified atom stereocenters. The SMILES string of the molecule is CN(C)C(=O)C(Cc1cc(O)ccc1Cl)CN1CCC2(CC1)CN(C)c1ccc(F)c(C(C(=O)O)C(O)(CC(=O)O)C(=O)O)c12. The van der Waals surface area contributed by atoms with Crippen LogP contribution in [0.4, 0.5) is 10.1 Å². The molecule has 45 heavy (non-hydrogen) atoms. The van der Waals surface area contributed by atoms with Gasteiger partial charge in [-0.3, -0.25) is 14.4 Å². The van der Waals surface area contributed by atoms with Crippen LogP contribution in [-0.4, -0.2) is 112 Å². The van der Waals surface area contributed by atoms with E-state index in [9.17, 15) is 44.7 Å². The zero-order valence-electron chi connectivity index (χ0n) is 25.2. The number of hydrogen-bond donors (Lipinski definition) is 5. The number of nitrogens with zero attached hydrogens (tertiary/aromatic N) is 3. The fourth-order valence-electron chi connectivity index (χ4n) is 6.92. The quantitative estimate of drug-likeness (QED) is 0.241. The number of fused-ring (bicyclic) bond motifs is 2. The van der Waals surface area contributed by atoms with Crippen molar-refractivity contribution in [2.24, 2.45) is 5.92 Å². The molecular formula is C31H37ClFN3O9. The molecule has 2 aliphatic heterocycles. The summed E-state index contributed by atoms with van der Waals surface area (Å²) in [7, 11) is 5.03. The van der Waals surface area contributed by atoms with Crippen molar-refractivity contribution < 1.29 is 49.1 Å². The van der Waals surface area contributed by atoms with Gasteiger partial charge in [0.05, 0.1) is 12.3 Å². The van der Waals surface area contributed by atoms with Crippen LogP contribution >= 0.6 is 11.6 Å². The van der Waals surface area contributed by atoms with Crippen molar-refractivity contribution in [1.29, 1.82) is 0 Å². The van der Waals surface area contributed by atoms with E-state index < -0.39 is 58.6 Å². The van der Waals surface area contributed by atoms with Gasteiger partial charge in [0.2, 0.25) is 5.91 Å². The monoisotopic (exact) mass is 649 g/mol. The Morgan fingerprint density at radius 1 is 1.09 bits per heavy atom. The summed E-state index contributed by atoms with van der Waals surface area (Å²) in [5.74, 6) is -9.80. The highest BCUT2D eigenvalue weighted by atomic mass is 35.5. The molecule has 4 rings (SSSR count). The Morgan fingerprint density at radius 3 is 2.29 bits per heavy atom. The van der Waals surface area contributed by atoms with Crippen molar-refractivity contribution in [3.8, 4) is 5.75 Å². The summed E-state index contributed by atoms with van der Waals surface area (Å²) >= 11 is 6.35. The Hall–Kier alpha value is -3.94. The molecule has 2 aromatic carbocycles. The molecule has 244 valence electrons. The third-order valence-electron chi connectivity index (χ3n) is 9.03. The molecule has 0 bridgehead atoms. The number of amides is 1. The average molecular weight is 650 g/mol. The molecule has 1 spiro atoms. The number of aliphatic carboxylic acids is 3. The molecule has 0 aliphatic carbocycles. The average Bonchev–Trinajstić information content (AvgIpc) is 3.22. The number of likely N-dealkylation sites (N-methyl/N-ethyl adjacent to an activating group) is 1. The van der Waals surface area contributed by atoms with Gasteiger partial charge in [-0.05, 0) is 73.8 Å². The lowest BCUT2D eigenvalue weighted by Gasteiger charge is -2.42. The molecule has 0 saturated carbocycles. The molecule has 3 atom stereocenters. The lowest BCUT2D eigenvalue weighted by atomic mass is 9.68. The Kier molecular flexibility index (Phi) is 9.67. The number of hydrogen-bond acceptors (Lipinski definition) is 8. The molecule has 0 aromatic heterocycles. The van der Waals surface area contributed by atoms with Gasteiger partial charge in [-0.15, -0.1) is 0 Å². The molecular weight excluding hydrogens is 613 g/mol. The maximum Gasteiger partial charge on any atom is 0.337 e. The van der Waals surface area contributed by atoms with Crippen LogP contribution in [0, 0.1) is 11.7 Å². The predicted octanol–water partition coefficient (Wildman–Crippen LogP) is 2.37. The number of halogens is 2. The first-order valence-electron chi connectivity index (χ1n) is 14.4. The summed E-state index contributed by atoms with van der Waals surface area (Å²) in [6.45, 7) is 1.53. The van der Waals surface area contributed by atoms with E-state index in [-0.39, 0.29) is 23.6 Å². The van der Waals surface area contributed by atoms with E-state index >= 15 is 4.39 Å². The number of carbonyl (C=O) groups excluding carboxylic acids is 1. The summed E-state index contributed by atoms with van der Waals surface area (Å²) in [6.07, 6.45) is -0.422. The molecule has 1 fully saturated rings. The van der Waals surface area contributed by atoms with Crippen molar-refractivity contribution in [1.82, 2.24) is 9.80 Å². The van der Waals surface area contributed by atoms with Crippen LogP contribution in [0.15, 0.2) is 30.3 Å². The number of carboxylic acid groups (broad SMARTS) is 3. The third kappa shape index (κ3) is 6.56. The van der Waals surface area contributed by atoms with Gasteiger partial charge >= 0.3 is 17.9 Å². The molecule has 1 saturated heterocycles. The number of aliphatic hydroxyl groups is 1. The molecule has 2 aliphatic rings. The standard InChI is InChI=1S/C31H37ClFN3O9/c1-34(2)27(40)18(12-17-13-19(37)4-5-20(17)32)15-36-10-8-30(9-11-36)16-35(3)22-7-6-21(33)24(25(22)30)26(28(41)42)31(45,29(43)44)14-23(38)39/h4-7,13,18,26,37,45H,8-12,14-16H2,1-3H3,(H,38,39)(H,41,42)(H,43,44). The Labute approximate surface area is 264 Å². The van der Waals surface area contributed by atoms with Crippen LogP contribution < -0.4 is 4.90 Å². The first kappa shape index (κ1) is 33.9. The highest BCUT2D eigenvalue weighted by molar-refractivity contribution is 6.31. The fourth-order valence-corrected chi connectivity index (χ4v) is 7.11. The van der Waals surface area contributed by atoms with Crippen LogP contribution in [-0.2, 0) is 31.0 Å². The second-order valence-electron chi connectivity index (χ2n) is 12.3. The van der Waals surface area contributed by atoms with Crippen molar-refractivity contribution in [2.75, 3.05) is 52.2 Å². The van der Waals surface area contributed by atoms with Crippen LogP contribution in [0.2, 0.25) is 5.02 Å². The molecule has 14 heteroatoms. The zero-order valence-corrected chi connectivity index (χ0v) is 25.9. The highest BCUT2D eigenvalue weighted by Gasteiger charge is 2.56. The maximum atomic E-state index is 15.7. The van der Waals surface area contributed by atoms with Gasteiger partial charge < -0.3 is 40.2 Å². The first-order valence-corrected chi connectivity index (χ1v) is 14.7. The second kappa shape index (κ2) is 12.8. The van der Waals surface area contributed by atoms with Crippen molar-refractivity contribution in [3.63, 3.8) is 0 Å². The Bertz CT molecular complexity index is 1510. The van der Waals surface area contributed by atoms with Crippen LogP contribution in [0.5, 0.6) is 5.75 Å². The molecule has 12 nitrogen and oxygen atoms in total. The van der Waals surface area contributed by atoms with Gasteiger partial charge in [0, 0.05) is 55.9 Å². The van der Waals surface area contributed by atoms with Crippen LogP contribution in [0.3, 0.4) is 0 Å². The molecule has 0 radical (unpaired) electrons. The summed E-state index contributed by atoms with van der Waals surface area (Å²) in [5.41, 5.74) is -3.39. The molecule has 5 N–H and O–H groups in total. The third-order valence-corrected chi connectivity index (χ3v) is 9.40. The van der Waals surface area contributed by atoms with Gasteiger partial charge in [-0.25, -0.2) is 9.18 Å². The first-order chi connectivity index (χ1) is 21.0. The fraction of sp³-hybridized carbons (Fsp3) is 0.484. The smallest absolute Gasteiger partial charge is 0.337 e. The minimum atomic E-state index is -3.33.